The van der Waals surface area contributed by atoms with Crippen LogP contribution in [0, 0.1) is 0 Å². The van der Waals surface area contributed by atoms with E-state index in [1.165, 1.54) is 0 Å². The molecule has 0 spiro atoms. The molecule has 1 aromatic rings. The van der Waals surface area contributed by atoms with Crippen LogP contribution in [0.15, 0.2) is 16.7 Å². The van der Waals surface area contributed by atoms with E-state index >= 15 is 0 Å². The highest BCUT2D eigenvalue weighted by molar-refractivity contribution is 5.16. The Hall–Kier alpha value is -0.840. The number of aliphatic hydroxyl groups is 1. The van der Waals surface area contributed by atoms with Gasteiger partial charge in [-0.1, -0.05) is 0 Å². The molecular formula is C9H15NO3. The zero-order valence-corrected chi connectivity index (χ0v) is 7.69. The summed E-state index contributed by atoms with van der Waals surface area (Å²) in [5.41, 5.74) is 6.57. The van der Waals surface area contributed by atoms with E-state index in [-0.39, 0.29) is 12.6 Å². The number of hydrogen-bond donors (Lipinski definition) is 2. The van der Waals surface area contributed by atoms with E-state index < -0.39 is 0 Å². The minimum absolute atomic E-state index is 0.0346. The summed E-state index contributed by atoms with van der Waals surface area (Å²) in [5, 5.41) is 8.76. The van der Waals surface area contributed by atoms with E-state index in [0.717, 1.165) is 11.3 Å². The Bertz CT molecular complexity index is 247. The maximum Gasteiger partial charge on any atom is 0.110 e. The minimum atomic E-state index is -0.262. The molecular weight excluding hydrogens is 170 g/mol. The third-order valence-electron chi connectivity index (χ3n) is 1.82. The first-order valence-corrected chi connectivity index (χ1v) is 4.18. The normalized spacial score (nSPS) is 13.2. The first-order chi connectivity index (χ1) is 6.27. The molecule has 74 valence electrons. The van der Waals surface area contributed by atoms with Gasteiger partial charge in [0.15, 0.2) is 0 Å². The Labute approximate surface area is 77.3 Å². The second kappa shape index (κ2) is 5.01. The molecule has 1 aromatic heterocycles. The Balaban J connectivity index is 2.59. The van der Waals surface area contributed by atoms with Crippen LogP contribution < -0.4 is 5.73 Å². The van der Waals surface area contributed by atoms with Crippen molar-refractivity contribution in [2.24, 2.45) is 5.73 Å². The van der Waals surface area contributed by atoms with Gasteiger partial charge in [0.25, 0.3) is 0 Å². The van der Waals surface area contributed by atoms with Crippen molar-refractivity contribution in [3.63, 3.8) is 0 Å². The Morgan fingerprint density at radius 1 is 1.69 bits per heavy atom. The van der Waals surface area contributed by atoms with Gasteiger partial charge in [0.2, 0.25) is 0 Å². The van der Waals surface area contributed by atoms with E-state index in [2.05, 4.69) is 0 Å². The van der Waals surface area contributed by atoms with Gasteiger partial charge in [0.05, 0.1) is 19.5 Å². The van der Waals surface area contributed by atoms with Crippen LogP contribution in [0.3, 0.4) is 0 Å². The highest BCUT2D eigenvalue weighted by Crippen LogP contribution is 2.13. The lowest BCUT2D eigenvalue weighted by molar-refractivity contribution is 0.182. The van der Waals surface area contributed by atoms with Crippen LogP contribution >= 0.6 is 0 Å². The van der Waals surface area contributed by atoms with Crippen LogP contribution in [0.1, 0.15) is 11.3 Å². The standard InChI is InChI=1S/C9H15NO3/c1-12-6-7-2-3-13-9(7)4-8(10)5-11/h2-3,8,11H,4-6,10H2,1H3. The predicted molar refractivity (Wildman–Crippen MR) is 48.2 cm³/mol. The molecule has 1 unspecified atom stereocenters. The maximum absolute atomic E-state index is 8.76. The maximum atomic E-state index is 8.76. The van der Waals surface area contributed by atoms with Gasteiger partial charge in [-0.15, -0.1) is 0 Å². The third-order valence-corrected chi connectivity index (χ3v) is 1.82. The van der Waals surface area contributed by atoms with Crippen molar-refractivity contribution >= 4 is 0 Å². The van der Waals surface area contributed by atoms with Crippen molar-refractivity contribution in [3.05, 3.63) is 23.7 Å². The number of rotatable bonds is 5. The first-order valence-electron chi connectivity index (χ1n) is 4.18. The fourth-order valence-electron chi connectivity index (χ4n) is 1.13. The molecule has 4 nitrogen and oxygen atoms in total. The summed E-state index contributed by atoms with van der Waals surface area (Å²) < 4.78 is 10.2. The number of nitrogens with two attached hydrogens (primary N) is 1. The fraction of sp³-hybridized carbons (Fsp3) is 0.556. The predicted octanol–water partition coefficient (Wildman–Crippen LogP) is 0.288. The van der Waals surface area contributed by atoms with E-state index in [9.17, 15) is 0 Å². The largest absolute Gasteiger partial charge is 0.469 e. The molecule has 1 atom stereocenters. The van der Waals surface area contributed by atoms with E-state index in [1.54, 1.807) is 13.4 Å². The van der Waals surface area contributed by atoms with Crippen molar-refractivity contribution in [1.29, 1.82) is 0 Å². The summed E-state index contributed by atoms with van der Waals surface area (Å²) in [5.74, 6) is 0.795. The summed E-state index contributed by atoms with van der Waals surface area (Å²) in [6, 6.07) is 1.59. The molecule has 0 saturated carbocycles. The molecule has 0 amide bonds. The van der Waals surface area contributed by atoms with Crippen LogP contribution in [0.4, 0.5) is 0 Å². The number of ether oxygens (including phenoxy) is 1. The van der Waals surface area contributed by atoms with Gasteiger partial charge in [0, 0.05) is 25.1 Å². The molecule has 0 aliphatic rings. The second-order valence-electron chi connectivity index (χ2n) is 2.95. The molecule has 0 saturated heterocycles. The highest BCUT2D eigenvalue weighted by atomic mass is 16.5. The molecule has 0 aliphatic carbocycles. The third kappa shape index (κ3) is 2.84. The molecule has 1 rings (SSSR count). The van der Waals surface area contributed by atoms with Crippen LogP contribution in [-0.2, 0) is 17.8 Å². The molecule has 0 aliphatic heterocycles. The quantitative estimate of drug-likeness (QED) is 0.691. The molecule has 13 heavy (non-hydrogen) atoms. The Morgan fingerprint density at radius 2 is 2.46 bits per heavy atom. The van der Waals surface area contributed by atoms with Gasteiger partial charge >= 0.3 is 0 Å². The van der Waals surface area contributed by atoms with E-state index in [0.29, 0.717) is 13.0 Å². The average Bonchev–Trinajstić information content (AvgIpc) is 2.54. The second-order valence-corrected chi connectivity index (χ2v) is 2.95. The first kappa shape index (κ1) is 10.2. The van der Waals surface area contributed by atoms with Crippen molar-refractivity contribution in [3.8, 4) is 0 Å². The van der Waals surface area contributed by atoms with Crippen molar-refractivity contribution in [1.82, 2.24) is 0 Å². The Kier molecular flexibility index (Phi) is 3.95. The van der Waals surface area contributed by atoms with Gasteiger partial charge in [0.1, 0.15) is 5.76 Å². The topological polar surface area (TPSA) is 68.6 Å². The average molecular weight is 185 g/mol. The van der Waals surface area contributed by atoms with E-state index in [1.807, 2.05) is 6.07 Å². The molecule has 1 heterocycles. The molecule has 4 heteroatoms. The van der Waals surface area contributed by atoms with Crippen LogP contribution in [0.5, 0.6) is 0 Å². The molecule has 0 bridgehead atoms. The van der Waals surface area contributed by atoms with Gasteiger partial charge < -0.3 is 20.0 Å². The smallest absolute Gasteiger partial charge is 0.110 e. The number of methoxy groups -OCH3 is 1. The zero-order valence-electron chi connectivity index (χ0n) is 7.69. The molecule has 3 N–H and O–H groups in total. The molecule has 0 radical (unpaired) electrons. The lowest BCUT2D eigenvalue weighted by Crippen LogP contribution is -2.27. The van der Waals surface area contributed by atoms with Crippen LogP contribution in [0.25, 0.3) is 0 Å². The van der Waals surface area contributed by atoms with Crippen LogP contribution in [0.2, 0.25) is 0 Å². The summed E-state index contributed by atoms with van der Waals surface area (Å²) >= 11 is 0. The van der Waals surface area contributed by atoms with Gasteiger partial charge in [-0.2, -0.15) is 0 Å². The van der Waals surface area contributed by atoms with Gasteiger partial charge in [-0.05, 0) is 6.07 Å². The number of furan rings is 1. The van der Waals surface area contributed by atoms with Crippen molar-refractivity contribution < 1.29 is 14.3 Å². The fourth-order valence-corrected chi connectivity index (χ4v) is 1.13. The van der Waals surface area contributed by atoms with Crippen LogP contribution in [-0.4, -0.2) is 24.9 Å². The van der Waals surface area contributed by atoms with E-state index in [4.69, 9.17) is 20.0 Å². The highest BCUT2D eigenvalue weighted by Gasteiger charge is 2.10. The Morgan fingerprint density at radius 3 is 3.08 bits per heavy atom. The van der Waals surface area contributed by atoms with Gasteiger partial charge in [-0.3, -0.25) is 0 Å². The SMILES string of the molecule is COCc1ccoc1CC(N)CO. The molecule has 0 fully saturated rings. The lowest BCUT2D eigenvalue weighted by atomic mass is 10.1. The number of hydrogen-bond acceptors (Lipinski definition) is 4. The minimum Gasteiger partial charge on any atom is -0.469 e. The summed E-state index contributed by atoms with van der Waals surface area (Å²) in [6.45, 7) is 0.483. The number of aliphatic hydroxyl groups excluding tert-OH is 1. The van der Waals surface area contributed by atoms with Gasteiger partial charge in [-0.25, -0.2) is 0 Å². The summed E-state index contributed by atoms with van der Waals surface area (Å²) in [7, 11) is 1.63. The zero-order chi connectivity index (χ0) is 9.68. The molecule has 0 aromatic carbocycles. The summed E-state index contributed by atoms with van der Waals surface area (Å²) in [4.78, 5) is 0. The van der Waals surface area contributed by atoms with Crippen molar-refractivity contribution in [2.45, 2.75) is 19.1 Å². The lowest BCUT2D eigenvalue weighted by Gasteiger charge is -2.06. The monoisotopic (exact) mass is 185 g/mol. The van der Waals surface area contributed by atoms with Crippen molar-refractivity contribution in [2.75, 3.05) is 13.7 Å². The summed E-state index contributed by atoms with van der Waals surface area (Å²) in [6.07, 6.45) is 2.15.